The van der Waals surface area contributed by atoms with E-state index in [-0.39, 0.29) is 11.2 Å². The molecule has 0 aliphatic carbocycles. The van der Waals surface area contributed by atoms with Crippen molar-refractivity contribution in [3.05, 3.63) is 28.2 Å². The summed E-state index contributed by atoms with van der Waals surface area (Å²) >= 11 is 3.71. The average molecular weight is 355 g/mol. The van der Waals surface area contributed by atoms with Crippen LogP contribution in [0, 0.1) is 0 Å². The summed E-state index contributed by atoms with van der Waals surface area (Å²) in [7, 11) is 1.98. The Hall–Kier alpha value is -0.580. The standard InChI is InChI=1S/C17H27BrN2O/c1-12(19-6)14-8-7-13(9-15(14)18)20-10-16(2,3)21-17(4,5)11-20/h7-9,12,19H,10-11H2,1-6H3. The van der Waals surface area contributed by atoms with Gasteiger partial charge < -0.3 is 15.0 Å². The van der Waals surface area contributed by atoms with Gasteiger partial charge >= 0.3 is 0 Å². The molecule has 1 heterocycles. The minimum absolute atomic E-state index is 0.134. The maximum atomic E-state index is 6.16. The predicted octanol–water partition coefficient (Wildman–Crippen LogP) is 4.12. The Bertz CT molecular complexity index is 498. The summed E-state index contributed by atoms with van der Waals surface area (Å²) in [5.74, 6) is 0. The lowest BCUT2D eigenvalue weighted by molar-refractivity contribution is -0.133. The average Bonchev–Trinajstić information content (AvgIpc) is 2.34. The van der Waals surface area contributed by atoms with E-state index in [0.717, 1.165) is 17.6 Å². The number of nitrogens with zero attached hydrogens (tertiary/aromatic N) is 1. The molecule has 21 heavy (non-hydrogen) atoms. The van der Waals surface area contributed by atoms with Crippen molar-refractivity contribution >= 4 is 21.6 Å². The number of halogens is 1. The van der Waals surface area contributed by atoms with E-state index in [4.69, 9.17) is 4.74 Å². The number of nitrogens with one attached hydrogen (secondary N) is 1. The molecule has 1 aliphatic rings. The van der Waals surface area contributed by atoms with Crippen molar-refractivity contribution in [2.24, 2.45) is 0 Å². The Morgan fingerprint density at radius 1 is 1.19 bits per heavy atom. The highest BCUT2D eigenvalue weighted by atomic mass is 79.9. The van der Waals surface area contributed by atoms with Crippen molar-refractivity contribution in [1.29, 1.82) is 0 Å². The van der Waals surface area contributed by atoms with Crippen molar-refractivity contribution in [3.63, 3.8) is 0 Å². The Kier molecular flexibility index (Phi) is 4.72. The van der Waals surface area contributed by atoms with Crippen LogP contribution in [0.5, 0.6) is 0 Å². The van der Waals surface area contributed by atoms with Gasteiger partial charge in [0.25, 0.3) is 0 Å². The molecule has 0 saturated carbocycles. The Morgan fingerprint density at radius 3 is 2.24 bits per heavy atom. The Labute approximate surface area is 137 Å². The summed E-state index contributed by atoms with van der Waals surface area (Å²) in [6, 6.07) is 6.98. The fourth-order valence-electron chi connectivity index (χ4n) is 3.19. The van der Waals surface area contributed by atoms with Crippen LogP contribution in [0.4, 0.5) is 5.69 Å². The van der Waals surface area contributed by atoms with Crippen molar-refractivity contribution in [2.45, 2.75) is 51.9 Å². The minimum atomic E-state index is -0.134. The molecule has 0 aromatic heterocycles. The number of anilines is 1. The van der Waals surface area contributed by atoms with Crippen LogP contribution in [0.3, 0.4) is 0 Å². The van der Waals surface area contributed by atoms with Crippen molar-refractivity contribution in [1.82, 2.24) is 5.32 Å². The third-order valence-electron chi connectivity index (χ3n) is 3.94. The molecule has 1 aromatic rings. The maximum absolute atomic E-state index is 6.16. The topological polar surface area (TPSA) is 24.5 Å². The van der Waals surface area contributed by atoms with Crippen LogP contribution in [-0.4, -0.2) is 31.3 Å². The molecule has 0 amide bonds. The number of hydrogen-bond acceptors (Lipinski definition) is 3. The predicted molar refractivity (Wildman–Crippen MR) is 93.1 cm³/mol. The van der Waals surface area contributed by atoms with Gasteiger partial charge in [0.2, 0.25) is 0 Å². The van der Waals surface area contributed by atoms with E-state index in [1.54, 1.807) is 0 Å². The van der Waals surface area contributed by atoms with Crippen LogP contribution in [0.1, 0.15) is 46.2 Å². The summed E-state index contributed by atoms with van der Waals surface area (Å²) in [6.45, 7) is 12.6. The molecule has 1 atom stereocenters. The zero-order valence-corrected chi connectivity index (χ0v) is 15.5. The fourth-order valence-corrected chi connectivity index (χ4v) is 3.90. The second-order valence-corrected chi connectivity index (χ2v) is 8.05. The van der Waals surface area contributed by atoms with E-state index in [1.165, 1.54) is 11.3 Å². The zero-order chi connectivity index (χ0) is 15.8. The second-order valence-electron chi connectivity index (χ2n) is 7.19. The first-order chi connectivity index (χ1) is 9.63. The molecule has 118 valence electrons. The maximum Gasteiger partial charge on any atom is 0.0808 e. The molecule has 1 N–H and O–H groups in total. The van der Waals surface area contributed by atoms with Crippen molar-refractivity contribution < 1.29 is 4.74 Å². The molecule has 2 rings (SSSR count). The molecule has 1 saturated heterocycles. The van der Waals surface area contributed by atoms with E-state index in [9.17, 15) is 0 Å². The second kappa shape index (κ2) is 5.90. The van der Waals surface area contributed by atoms with Gasteiger partial charge in [0.1, 0.15) is 0 Å². The van der Waals surface area contributed by atoms with Gasteiger partial charge in [-0.15, -0.1) is 0 Å². The van der Waals surface area contributed by atoms with Crippen LogP contribution in [0.15, 0.2) is 22.7 Å². The van der Waals surface area contributed by atoms with Gasteiger partial charge in [-0.05, 0) is 59.4 Å². The number of ether oxygens (including phenoxy) is 1. The van der Waals surface area contributed by atoms with E-state index in [0.29, 0.717) is 6.04 Å². The lowest BCUT2D eigenvalue weighted by Crippen LogP contribution is -2.57. The normalized spacial score (nSPS) is 22.1. The van der Waals surface area contributed by atoms with E-state index < -0.39 is 0 Å². The molecular formula is C17H27BrN2O. The zero-order valence-electron chi connectivity index (χ0n) is 14.0. The molecule has 1 unspecified atom stereocenters. The fraction of sp³-hybridized carbons (Fsp3) is 0.647. The van der Waals surface area contributed by atoms with Gasteiger partial charge in [-0.3, -0.25) is 0 Å². The molecule has 1 aliphatic heterocycles. The van der Waals surface area contributed by atoms with Gasteiger partial charge in [0.15, 0.2) is 0 Å². The molecule has 0 spiro atoms. The molecule has 0 bridgehead atoms. The third-order valence-corrected chi connectivity index (χ3v) is 4.63. The van der Waals surface area contributed by atoms with Crippen molar-refractivity contribution in [2.75, 3.05) is 25.0 Å². The van der Waals surface area contributed by atoms with Crippen LogP contribution in [0.2, 0.25) is 0 Å². The third kappa shape index (κ3) is 3.99. The molecule has 4 heteroatoms. The summed E-state index contributed by atoms with van der Waals surface area (Å²) in [4.78, 5) is 2.42. The summed E-state index contributed by atoms with van der Waals surface area (Å²) < 4.78 is 7.32. The van der Waals surface area contributed by atoms with Crippen LogP contribution < -0.4 is 10.2 Å². The highest BCUT2D eigenvalue weighted by molar-refractivity contribution is 9.10. The van der Waals surface area contributed by atoms with Gasteiger partial charge in [0.05, 0.1) is 11.2 Å². The van der Waals surface area contributed by atoms with E-state index in [1.807, 2.05) is 7.05 Å². The molecule has 3 nitrogen and oxygen atoms in total. The van der Waals surface area contributed by atoms with Crippen molar-refractivity contribution in [3.8, 4) is 0 Å². The van der Waals surface area contributed by atoms with E-state index in [2.05, 4.69) is 79.0 Å². The first-order valence-corrected chi connectivity index (χ1v) is 8.35. The molecule has 1 fully saturated rings. The quantitative estimate of drug-likeness (QED) is 0.883. The van der Waals surface area contributed by atoms with Crippen LogP contribution >= 0.6 is 15.9 Å². The molecule has 1 aromatic carbocycles. The van der Waals surface area contributed by atoms with Gasteiger partial charge in [-0.2, -0.15) is 0 Å². The Balaban J connectivity index is 2.28. The highest BCUT2D eigenvalue weighted by Gasteiger charge is 2.38. The van der Waals surface area contributed by atoms with E-state index >= 15 is 0 Å². The molecular weight excluding hydrogens is 328 g/mol. The lowest BCUT2D eigenvalue weighted by Gasteiger charge is -2.48. The van der Waals surface area contributed by atoms with Crippen LogP contribution in [-0.2, 0) is 4.74 Å². The van der Waals surface area contributed by atoms with Gasteiger partial charge in [0, 0.05) is 29.3 Å². The first kappa shape index (κ1) is 16.8. The minimum Gasteiger partial charge on any atom is -0.366 e. The van der Waals surface area contributed by atoms with Crippen LogP contribution in [0.25, 0.3) is 0 Å². The summed E-state index contributed by atoms with van der Waals surface area (Å²) in [6.07, 6.45) is 0. The Morgan fingerprint density at radius 2 is 1.76 bits per heavy atom. The summed E-state index contributed by atoms with van der Waals surface area (Å²) in [5, 5.41) is 3.28. The SMILES string of the molecule is CNC(C)c1ccc(N2CC(C)(C)OC(C)(C)C2)cc1Br. The summed E-state index contributed by atoms with van der Waals surface area (Å²) in [5.41, 5.74) is 2.27. The number of morpholine rings is 1. The highest BCUT2D eigenvalue weighted by Crippen LogP contribution is 2.34. The lowest BCUT2D eigenvalue weighted by atomic mass is 9.98. The molecule has 0 radical (unpaired) electrons. The van der Waals surface area contributed by atoms with Gasteiger partial charge in [-0.25, -0.2) is 0 Å². The largest absolute Gasteiger partial charge is 0.366 e. The number of rotatable bonds is 3. The monoisotopic (exact) mass is 354 g/mol. The smallest absolute Gasteiger partial charge is 0.0808 e. The number of benzene rings is 1. The van der Waals surface area contributed by atoms with Gasteiger partial charge in [-0.1, -0.05) is 22.0 Å². The first-order valence-electron chi connectivity index (χ1n) is 7.55. The number of hydrogen-bond donors (Lipinski definition) is 1.